The Morgan fingerprint density at radius 1 is 1.17 bits per heavy atom. The summed E-state index contributed by atoms with van der Waals surface area (Å²) in [6.07, 6.45) is 0. The lowest BCUT2D eigenvalue weighted by Gasteiger charge is -2.17. The van der Waals surface area contributed by atoms with Crippen LogP contribution in [0.2, 0.25) is 0 Å². The third-order valence-corrected chi connectivity index (χ3v) is 2.85. The van der Waals surface area contributed by atoms with Gasteiger partial charge in [0.25, 0.3) is 0 Å². The fourth-order valence-electron chi connectivity index (χ4n) is 1.82. The molecular weight excluding hydrogens is 222 g/mol. The molecule has 0 spiro atoms. The Balaban J connectivity index is 2.18. The van der Waals surface area contributed by atoms with Gasteiger partial charge in [-0.2, -0.15) is 5.26 Å². The number of nitrogen functional groups attached to an aromatic ring is 1. The van der Waals surface area contributed by atoms with Crippen molar-refractivity contribution in [3.05, 3.63) is 59.7 Å². The van der Waals surface area contributed by atoms with E-state index in [9.17, 15) is 0 Å². The van der Waals surface area contributed by atoms with Crippen molar-refractivity contribution >= 4 is 11.4 Å². The predicted molar refractivity (Wildman–Crippen MR) is 74.0 cm³/mol. The van der Waals surface area contributed by atoms with E-state index < -0.39 is 0 Å². The molecule has 0 bridgehead atoms. The molecule has 0 aliphatic heterocycles. The van der Waals surface area contributed by atoms with Gasteiger partial charge in [0, 0.05) is 6.04 Å². The summed E-state index contributed by atoms with van der Waals surface area (Å²) in [5, 5.41) is 12.1. The molecule has 0 aliphatic rings. The van der Waals surface area contributed by atoms with Crippen LogP contribution in [0, 0.1) is 11.3 Å². The van der Waals surface area contributed by atoms with E-state index in [1.165, 1.54) is 5.56 Å². The Kier molecular flexibility index (Phi) is 3.49. The van der Waals surface area contributed by atoms with Gasteiger partial charge in [0.1, 0.15) is 0 Å². The number of rotatable bonds is 3. The molecule has 18 heavy (non-hydrogen) atoms. The summed E-state index contributed by atoms with van der Waals surface area (Å²) in [5.41, 5.74) is 9.13. The van der Waals surface area contributed by atoms with Crippen molar-refractivity contribution in [1.82, 2.24) is 0 Å². The van der Waals surface area contributed by atoms with Crippen molar-refractivity contribution in [3.8, 4) is 6.07 Å². The number of nitrogens with zero attached hydrogens (tertiary/aromatic N) is 1. The van der Waals surface area contributed by atoms with Crippen LogP contribution in [0.15, 0.2) is 48.5 Å². The third kappa shape index (κ3) is 2.61. The van der Waals surface area contributed by atoms with Crippen LogP contribution in [-0.2, 0) is 0 Å². The first-order valence-electron chi connectivity index (χ1n) is 5.82. The van der Waals surface area contributed by atoms with Crippen molar-refractivity contribution in [2.45, 2.75) is 13.0 Å². The van der Waals surface area contributed by atoms with Crippen molar-refractivity contribution < 1.29 is 0 Å². The van der Waals surface area contributed by atoms with Crippen molar-refractivity contribution in [1.29, 1.82) is 5.26 Å². The number of anilines is 2. The van der Waals surface area contributed by atoms with E-state index in [0.29, 0.717) is 11.3 Å². The van der Waals surface area contributed by atoms with Crippen LogP contribution in [0.25, 0.3) is 0 Å². The van der Waals surface area contributed by atoms with E-state index in [2.05, 4.69) is 30.4 Å². The fourth-order valence-corrected chi connectivity index (χ4v) is 1.82. The summed E-state index contributed by atoms with van der Waals surface area (Å²) < 4.78 is 0. The molecule has 0 aromatic heterocycles. The largest absolute Gasteiger partial charge is 0.397 e. The predicted octanol–water partition coefficient (Wildman–Crippen LogP) is 3.31. The second-order valence-corrected chi connectivity index (χ2v) is 4.19. The summed E-state index contributed by atoms with van der Waals surface area (Å²) in [6, 6.07) is 17.7. The molecule has 90 valence electrons. The Labute approximate surface area is 107 Å². The zero-order valence-corrected chi connectivity index (χ0v) is 10.2. The highest BCUT2D eigenvalue weighted by Crippen LogP contribution is 2.24. The Morgan fingerprint density at radius 3 is 2.50 bits per heavy atom. The lowest BCUT2D eigenvalue weighted by molar-refractivity contribution is 0.885. The minimum atomic E-state index is 0.168. The molecule has 3 nitrogen and oxygen atoms in total. The maximum Gasteiger partial charge on any atom is 0.0992 e. The highest BCUT2D eigenvalue weighted by Gasteiger charge is 2.07. The highest BCUT2D eigenvalue weighted by atomic mass is 14.9. The molecule has 0 saturated carbocycles. The number of hydrogen-bond acceptors (Lipinski definition) is 3. The zero-order valence-electron chi connectivity index (χ0n) is 10.2. The summed E-state index contributed by atoms with van der Waals surface area (Å²) in [6.45, 7) is 2.08. The van der Waals surface area contributed by atoms with E-state index in [-0.39, 0.29) is 6.04 Å². The van der Waals surface area contributed by atoms with Gasteiger partial charge in [-0.15, -0.1) is 0 Å². The average Bonchev–Trinajstić information content (AvgIpc) is 2.42. The molecule has 2 aromatic rings. The lowest BCUT2D eigenvalue weighted by atomic mass is 10.1. The van der Waals surface area contributed by atoms with Gasteiger partial charge < -0.3 is 11.1 Å². The maximum absolute atomic E-state index is 8.79. The average molecular weight is 237 g/mol. The Bertz CT molecular complexity index is 570. The topological polar surface area (TPSA) is 61.8 Å². The van der Waals surface area contributed by atoms with Crippen molar-refractivity contribution in [2.75, 3.05) is 11.1 Å². The first-order valence-corrected chi connectivity index (χ1v) is 5.82. The van der Waals surface area contributed by atoms with Crippen LogP contribution in [0.3, 0.4) is 0 Å². The number of benzene rings is 2. The van der Waals surface area contributed by atoms with Crippen LogP contribution in [0.5, 0.6) is 0 Å². The van der Waals surface area contributed by atoms with Gasteiger partial charge in [-0.1, -0.05) is 30.3 Å². The van der Waals surface area contributed by atoms with Gasteiger partial charge in [-0.3, -0.25) is 0 Å². The molecule has 0 heterocycles. The molecule has 3 heteroatoms. The summed E-state index contributed by atoms with van der Waals surface area (Å²) in [5.74, 6) is 0. The molecule has 0 aliphatic carbocycles. The molecule has 0 radical (unpaired) electrons. The second-order valence-electron chi connectivity index (χ2n) is 4.19. The first kappa shape index (κ1) is 12.0. The summed E-state index contributed by atoms with van der Waals surface area (Å²) >= 11 is 0. The van der Waals surface area contributed by atoms with Gasteiger partial charge >= 0.3 is 0 Å². The number of nitrogens with one attached hydrogen (secondary N) is 1. The van der Waals surface area contributed by atoms with Crippen LogP contribution in [-0.4, -0.2) is 0 Å². The zero-order chi connectivity index (χ0) is 13.0. The molecule has 0 fully saturated rings. The summed E-state index contributed by atoms with van der Waals surface area (Å²) in [7, 11) is 0. The SMILES string of the molecule is C[C@@H](Nc1ccc(C#N)cc1N)c1ccccc1. The Hall–Kier alpha value is -2.47. The molecule has 0 unspecified atom stereocenters. The molecule has 2 aromatic carbocycles. The van der Waals surface area contributed by atoms with Crippen LogP contribution >= 0.6 is 0 Å². The molecule has 1 atom stereocenters. The molecule has 3 N–H and O–H groups in total. The lowest BCUT2D eigenvalue weighted by Crippen LogP contribution is -2.08. The van der Waals surface area contributed by atoms with E-state index in [4.69, 9.17) is 11.0 Å². The monoisotopic (exact) mass is 237 g/mol. The number of nitrogens with two attached hydrogens (primary N) is 1. The Morgan fingerprint density at radius 2 is 1.89 bits per heavy atom. The van der Waals surface area contributed by atoms with E-state index >= 15 is 0 Å². The van der Waals surface area contributed by atoms with E-state index in [0.717, 1.165) is 5.69 Å². The molecular formula is C15H15N3. The van der Waals surface area contributed by atoms with Crippen LogP contribution in [0.1, 0.15) is 24.1 Å². The quantitative estimate of drug-likeness (QED) is 0.805. The van der Waals surface area contributed by atoms with Gasteiger partial charge in [-0.25, -0.2) is 0 Å². The summed E-state index contributed by atoms with van der Waals surface area (Å²) in [4.78, 5) is 0. The van der Waals surface area contributed by atoms with Crippen LogP contribution in [0.4, 0.5) is 11.4 Å². The van der Waals surface area contributed by atoms with Gasteiger partial charge in [0.05, 0.1) is 23.0 Å². The molecule has 0 amide bonds. The van der Waals surface area contributed by atoms with Gasteiger partial charge in [0.15, 0.2) is 0 Å². The minimum Gasteiger partial charge on any atom is -0.397 e. The third-order valence-electron chi connectivity index (χ3n) is 2.85. The van der Waals surface area contributed by atoms with E-state index in [1.54, 1.807) is 12.1 Å². The smallest absolute Gasteiger partial charge is 0.0992 e. The van der Waals surface area contributed by atoms with Crippen molar-refractivity contribution in [3.63, 3.8) is 0 Å². The van der Waals surface area contributed by atoms with E-state index in [1.807, 2.05) is 24.3 Å². The second kappa shape index (κ2) is 5.24. The van der Waals surface area contributed by atoms with Gasteiger partial charge in [0.2, 0.25) is 0 Å². The molecule has 0 saturated heterocycles. The minimum absolute atomic E-state index is 0.168. The standard InChI is InChI=1S/C15H15N3/c1-11(13-5-3-2-4-6-13)18-15-8-7-12(10-16)9-14(15)17/h2-9,11,18H,17H2,1H3/t11-/m1/s1. The number of nitriles is 1. The fraction of sp³-hybridized carbons (Fsp3) is 0.133. The molecule has 2 rings (SSSR count). The van der Waals surface area contributed by atoms with Crippen LogP contribution < -0.4 is 11.1 Å². The van der Waals surface area contributed by atoms with Gasteiger partial charge in [-0.05, 0) is 30.7 Å². The normalized spacial score (nSPS) is 11.6. The maximum atomic E-state index is 8.79. The highest BCUT2D eigenvalue weighted by molar-refractivity contribution is 5.68. The number of hydrogen-bond donors (Lipinski definition) is 2. The first-order chi connectivity index (χ1) is 8.70. The van der Waals surface area contributed by atoms with Crippen molar-refractivity contribution in [2.24, 2.45) is 0 Å².